The van der Waals surface area contributed by atoms with Crippen molar-refractivity contribution in [3.8, 4) is 0 Å². The van der Waals surface area contributed by atoms with E-state index in [2.05, 4.69) is 15.3 Å². The summed E-state index contributed by atoms with van der Waals surface area (Å²) < 4.78 is 0. The van der Waals surface area contributed by atoms with Crippen LogP contribution in [0.2, 0.25) is 0 Å². The number of hydrogen-bond donors (Lipinski definition) is 4. The number of hydrogen-bond acceptors (Lipinski definition) is 2. The second-order valence-electron chi connectivity index (χ2n) is 3.87. The summed E-state index contributed by atoms with van der Waals surface area (Å²) >= 11 is 0. The zero-order valence-electron chi connectivity index (χ0n) is 11.0. The van der Waals surface area contributed by atoms with E-state index in [0.29, 0.717) is 17.8 Å². The van der Waals surface area contributed by atoms with Crippen LogP contribution >= 0.6 is 0 Å². The number of benzene rings is 1. The van der Waals surface area contributed by atoms with Crippen molar-refractivity contribution in [2.24, 2.45) is 27.2 Å². The van der Waals surface area contributed by atoms with Crippen LogP contribution < -0.4 is 22.5 Å². The topological polar surface area (TPSA) is 132 Å². The van der Waals surface area contributed by atoms with Crippen LogP contribution in [0.4, 0.5) is 5.69 Å². The highest BCUT2D eigenvalue weighted by atomic mass is 16.1. The van der Waals surface area contributed by atoms with Gasteiger partial charge in [0.25, 0.3) is 5.91 Å². The van der Waals surface area contributed by atoms with Gasteiger partial charge >= 0.3 is 0 Å². The molecule has 102 valence electrons. The molecule has 0 aliphatic carbocycles. The Bertz CT molecular complexity index is 531. The predicted octanol–water partition coefficient (Wildman–Crippen LogP) is -0.0357. The standard InChI is InChI=1S/C12H18N6O/c1-3-16-10(19)8-5-4-7(2)9(6-8)17-12(15)18-11(13)14/h4-6H,3H2,1-2H3,(H,16,19)(H6,13,14,15,17,18). The summed E-state index contributed by atoms with van der Waals surface area (Å²) in [6, 6.07) is 5.14. The molecular formula is C12H18N6O. The van der Waals surface area contributed by atoms with Crippen LogP contribution in [0.15, 0.2) is 28.2 Å². The Balaban J connectivity index is 3.11. The van der Waals surface area contributed by atoms with Crippen molar-refractivity contribution in [3.63, 3.8) is 0 Å². The number of carbonyl (C=O) groups excluding carboxylic acids is 1. The van der Waals surface area contributed by atoms with Crippen molar-refractivity contribution in [2.75, 3.05) is 6.54 Å². The van der Waals surface area contributed by atoms with Crippen LogP contribution in [0, 0.1) is 6.92 Å². The molecule has 1 aromatic rings. The molecule has 0 aliphatic rings. The highest BCUT2D eigenvalue weighted by Gasteiger charge is 2.07. The molecule has 0 unspecified atom stereocenters. The number of guanidine groups is 2. The maximum atomic E-state index is 11.7. The molecule has 0 atom stereocenters. The maximum absolute atomic E-state index is 11.7. The van der Waals surface area contributed by atoms with Crippen LogP contribution in [-0.4, -0.2) is 24.4 Å². The number of nitrogens with two attached hydrogens (primary N) is 3. The van der Waals surface area contributed by atoms with Crippen molar-refractivity contribution < 1.29 is 4.79 Å². The third kappa shape index (κ3) is 4.30. The number of carbonyl (C=O) groups is 1. The van der Waals surface area contributed by atoms with Gasteiger partial charge in [-0.1, -0.05) is 6.07 Å². The van der Waals surface area contributed by atoms with E-state index in [1.54, 1.807) is 18.2 Å². The zero-order chi connectivity index (χ0) is 14.4. The number of nitrogens with one attached hydrogen (secondary N) is 1. The quantitative estimate of drug-likeness (QED) is 0.449. The summed E-state index contributed by atoms with van der Waals surface area (Å²) in [5.74, 6) is -0.394. The SMILES string of the molecule is CCNC(=O)c1ccc(C)c(N=C(N)N=C(N)N)c1. The average Bonchev–Trinajstić information content (AvgIpc) is 2.31. The van der Waals surface area contributed by atoms with E-state index in [1.165, 1.54) is 0 Å². The molecule has 0 saturated heterocycles. The summed E-state index contributed by atoms with van der Waals surface area (Å²) in [6.07, 6.45) is 0. The Hall–Kier alpha value is -2.57. The van der Waals surface area contributed by atoms with Gasteiger partial charge in [0.1, 0.15) is 0 Å². The third-order valence-corrected chi connectivity index (χ3v) is 2.29. The van der Waals surface area contributed by atoms with E-state index in [-0.39, 0.29) is 17.8 Å². The summed E-state index contributed by atoms with van der Waals surface area (Å²) in [5.41, 5.74) is 17.9. The number of aryl methyl sites for hydroxylation is 1. The van der Waals surface area contributed by atoms with Gasteiger partial charge in [0.2, 0.25) is 5.96 Å². The van der Waals surface area contributed by atoms with Crippen LogP contribution in [-0.2, 0) is 0 Å². The monoisotopic (exact) mass is 262 g/mol. The summed E-state index contributed by atoms with van der Waals surface area (Å²) in [7, 11) is 0. The van der Waals surface area contributed by atoms with Gasteiger partial charge in [-0.05, 0) is 31.5 Å². The fourth-order valence-electron chi connectivity index (χ4n) is 1.41. The molecule has 1 aromatic carbocycles. The lowest BCUT2D eigenvalue weighted by atomic mass is 10.1. The predicted molar refractivity (Wildman–Crippen MR) is 76.3 cm³/mol. The molecule has 7 heteroatoms. The third-order valence-electron chi connectivity index (χ3n) is 2.29. The van der Waals surface area contributed by atoms with Crippen molar-refractivity contribution in [1.82, 2.24) is 5.32 Å². The van der Waals surface area contributed by atoms with Crippen molar-refractivity contribution in [2.45, 2.75) is 13.8 Å². The highest BCUT2D eigenvalue weighted by Crippen LogP contribution is 2.20. The summed E-state index contributed by atoms with van der Waals surface area (Å²) in [6.45, 7) is 4.26. The van der Waals surface area contributed by atoms with Crippen LogP contribution in [0.25, 0.3) is 0 Å². The molecule has 1 amide bonds. The number of rotatable bonds is 3. The Morgan fingerprint density at radius 1 is 1.32 bits per heavy atom. The van der Waals surface area contributed by atoms with Crippen molar-refractivity contribution >= 4 is 23.5 Å². The molecule has 0 radical (unpaired) electrons. The molecule has 1 rings (SSSR count). The first kappa shape index (κ1) is 14.5. The molecule has 7 N–H and O–H groups in total. The molecule has 0 aliphatic heterocycles. The van der Waals surface area contributed by atoms with Crippen LogP contribution in [0.3, 0.4) is 0 Å². The molecule has 0 bridgehead atoms. The zero-order valence-corrected chi connectivity index (χ0v) is 11.0. The fourth-order valence-corrected chi connectivity index (χ4v) is 1.41. The molecule has 0 spiro atoms. The molecule has 7 nitrogen and oxygen atoms in total. The van der Waals surface area contributed by atoms with Gasteiger partial charge in [-0.15, -0.1) is 0 Å². The normalized spacial score (nSPS) is 10.9. The fraction of sp³-hybridized carbons (Fsp3) is 0.250. The number of nitrogens with zero attached hydrogens (tertiary/aromatic N) is 2. The summed E-state index contributed by atoms with van der Waals surface area (Å²) in [5, 5.41) is 2.71. The van der Waals surface area contributed by atoms with Gasteiger partial charge in [-0.2, -0.15) is 4.99 Å². The van der Waals surface area contributed by atoms with E-state index < -0.39 is 0 Å². The number of aliphatic imine (C=N–C) groups is 2. The molecule has 0 saturated carbocycles. The van der Waals surface area contributed by atoms with Gasteiger partial charge in [0, 0.05) is 12.1 Å². The minimum absolute atomic E-state index is 0.0591. The van der Waals surface area contributed by atoms with Gasteiger partial charge in [-0.25, -0.2) is 4.99 Å². The van der Waals surface area contributed by atoms with Crippen LogP contribution in [0.1, 0.15) is 22.8 Å². The van der Waals surface area contributed by atoms with E-state index in [9.17, 15) is 4.79 Å². The molecular weight excluding hydrogens is 244 g/mol. The van der Waals surface area contributed by atoms with Crippen molar-refractivity contribution in [3.05, 3.63) is 29.3 Å². The minimum atomic E-state index is -0.168. The number of amides is 1. The average molecular weight is 262 g/mol. The van der Waals surface area contributed by atoms with Gasteiger partial charge < -0.3 is 22.5 Å². The maximum Gasteiger partial charge on any atom is 0.251 e. The molecule has 0 fully saturated rings. The Labute approximate surface area is 111 Å². The second kappa shape index (κ2) is 6.39. The first-order chi connectivity index (χ1) is 8.93. The first-order valence-electron chi connectivity index (χ1n) is 5.76. The van der Waals surface area contributed by atoms with Crippen LogP contribution in [0.5, 0.6) is 0 Å². The lowest BCUT2D eigenvalue weighted by Crippen LogP contribution is -2.26. The van der Waals surface area contributed by atoms with Gasteiger partial charge in [0.15, 0.2) is 5.96 Å². The lowest BCUT2D eigenvalue weighted by molar-refractivity contribution is 0.0956. The van der Waals surface area contributed by atoms with E-state index in [0.717, 1.165) is 5.56 Å². The van der Waals surface area contributed by atoms with Gasteiger partial charge in [0.05, 0.1) is 5.69 Å². The Morgan fingerprint density at radius 2 is 2.00 bits per heavy atom. The molecule has 0 heterocycles. The minimum Gasteiger partial charge on any atom is -0.370 e. The first-order valence-corrected chi connectivity index (χ1v) is 5.76. The summed E-state index contributed by atoms with van der Waals surface area (Å²) in [4.78, 5) is 19.4. The lowest BCUT2D eigenvalue weighted by Gasteiger charge is -2.05. The van der Waals surface area contributed by atoms with Crippen molar-refractivity contribution in [1.29, 1.82) is 0 Å². The Morgan fingerprint density at radius 3 is 2.58 bits per heavy atom. The largest absolute Gasteiger partial charge is 0.370 e. The molecule has 19 heavy (non-hydrogen) atoms. The second-order valence-corrected chi connectivity index (χ2v) is 3.87. The molecule has 0 aromatic heterocycles. The van der Waals surface area contributed by atoms with E-state index >= 15 is 0 Å². The van der Waals surface area contributed by atoms with E-state index in [1.807, 2.05) is 13.8 Å². The smallest absolute Gasteiger partial charge is 0.251 e. The van der Waals surface area contributed by atoms with E-state index in [4.69, 9.17) is 17.2 Å². The highest BCUT2D eigenvalue weighted by molar-refractivity contribution is 5.96. The van der Waals surface area contributed by atoms with Gasteiger partial charge in [-0.3, -0.25) is 4.79 Å². The Kier molecular flexibility index (Phi) is 4.87.